The lowest BCUT2D eigenvalue weighted by Gasteiger charge is -2.10. The van der Waals surface area contributed by atoms with Crippen molar-refractivity contribution in [2.24, 2.45) is 0 Å². The molecule has 0 bridgehead atoms. The summed E-state index contributed by atoms with van der Waals surface area (Å²) in [6.07, 6.45) is 2.82. The van der Waals surface area contributed by atoms with E-state index < -0.39 is 0 Å². The molecule has 2 rings (SSSR count). The molecule has 2 amide bonds. The quantitative estimate of drug-likeness (QED) is 0.779. The van der Waals surface area contributed by atoms with Crippen molar-refractivity contribution in [3.05, 3.63) is 70.8 Å². The molecule has 126 valence electrons. The third-order valence-electron chi connectivity index (χ3n) is 3.30. The lowest BCUT2D eigenvalue weighted by atomic mass is 10.1. The summed E-state index contributed by atoms with van der Waals surface area (Å²) in [6, 6.07) is 16.1. The van der Waals surface area contributed by atoms with E-state index in [2.05, 4.69) is 10.6 Å². The Hall–Kier alpha value is -3.10. The van der Waals surface area contributed by atoms with Crippen LogP contribution in [0.2, 0.25) is 5.02 Å². The molecular weight excluding hydrogens is 338 g/mol. The van der Waals surface area contributed by atoms with Crippen LogP contribution in [0.1, 0.15) is 17.5 Å². The normalized spacial score (nSPS) is 10.2. The third kappa shape index (κ3) is 5.79. The van der Waals surface area contributed by atoms with Gasteiger partial charge in [-0.05, 0) is 29.3 Å². The summed E-state index contributed by atoms with van der Waals surface area (Å²) < 4.78 is 0. The fraction of sp³-hybridized carbons (Fsp3) is 0.105. The van der Waals surface area contributed by atoms with E-state index in [4.69, 9.17) is 16.9 Å². The Morgan fingerprint density at radius 1 is 1.12 bits per heavy atom. The van der Waals surface area contributed by atoms with Crippen molar-refractivity contribution in [3.63, 3.8) is 0 Å². The van der Waals surface area contributed by atoms with Gasteiger partial charge in [-0.25, -0.2) is 0 Å². The van der Waals surface area contributed by atoms with Crippen LogP contribution in [-0.2, 0) is 16.1 Å². The highest BCUT2D eigenvalue weighted by atomic mass is 35.5. The molecule has 6 heteroatoms. The van der Waals surface area contributed by atoms with E-state index in [1.165, 1.54) is 6.08 Å². The van der Waals surface area contributed by atoms with Crippen LogP contribution in [-0.4, -0.2) is 11.8 Å². The number of hydrogen-bond donors (Lipinski definition) is 2. The van der Waals surface area contributed by atoms with Crippen LogP contribution in [0.15, 0.2) is 54.6 Å². The van der Waals surface area contributed by atoms with Crippen molar-refractivity contribution in [1.82, 2.24) is 5.32 Å². The molecule has 0 saturated heterocycles. The highest BCUT2D eigenvalue weighted by Gasteiger charge is 2.07. The second-order valence-electron chi connectivity index (χ2n) is 5.11. The highest BCUT2D eigenvalue weighted by Crippen LogP contribution is 2.17. The van der Waals surface area contributed by atoms with Crippen LogP contribution in [0.25, 0.3) is 6.08 Å². The maximum atomic E-state index is 12.0. The molecule has 0 aliphatic rings. The first-order valence-electron chi connectivity index (χ1n) is 7.55. The first kappa shape index (κ1) is 18.2. The molecular formula is C19H16ClN3O2. The molecule has 0 spiro atoms. The standard InChI is InChI=1S/C19H16ClN3O2/c20-16-7-3-1-5-14(16)9-10-18(24)22-13-15-6-2-4-8-17(15)23-19(25)11-12-21/h1-10H,11,13H2,(H,22,24)(H,23,25)/b10-9+. The average Bonchev–Trinajstić information content (AvgIpc) is 2.60. The van der Waals surface area contributed by atoms with Gasteiger partial charge in [0, 0.05) is 23.3 Å². The Morgan fingerprint density at radius 3 is 2.60 bits per heavy atom. The van der Waals surface area contributed by atoms with Crippen molar-refractivity contribution in [1.29, 1.82) is 5.26 Å². The van der Waals surface area contributed by atoms with Gasteiger partial charge < -0.3 is 10.6 Å². The monoisotopic (exact) mass is 353 g/mol. The predicted octanol–water partition coefficient (Wildman–Crippen LogP) is 3.52. The molecule has 2 N–H and O–H groups in total. The zero-order valence-corrected chi connectivity index (χ0v) is 14.1. The molecule has 5 nitrogen and oxygen atoms in total. The van der Waals surface area contributed by atoms with Crippen molar-refractivity contribution in [3.8, 4) is 6.07 Å². The smallest absolute Gasteiger partial charge is 0.244 e. The average molecular weight is 354 g/mol. The number of nitriles is 1. The van der Waals surface area contributed by atoms with E-state index in [0.717, 1.165) is 11.1 Å². The lowest BCUT2D eigenvalue weighted by Crippen LogP contribution is -2.21. The summed E-state index contributed by atoms with van der Waals surface area (Å²) in [5.41, 5.74) is 2.06. The number of nitrogens with zero attached hydrogens (tertiary/aromatic N) is 1. The number of hydrogen-bond acceptors (Lipinski definition) is 3. The van der Waals surface area contributed by atoms with Gasteiger partial charge in [-0.3, -0.25) is 9.59 Å². The number of rotatable bonds is 6. The molecule has 0 radical (unpaired) electrons. The fourth-order valence-corrected chi connectivity index (χ4v) is 2.28. The van der Waals surface area contributed by atoms with Gasteiger partial charge in [0.05, 0.1) is 6.07 Å². The van der Waals surface area contributed by atoms with Crippen molar-refractivity contribution in [2.45, 2.75) is 13.0 Å². The summed E-state index contributed by atoms with van der Waals surface area (Å²) in [6.45, 7) is 0.245. The summed E-state index contributed by atoms with van der Waals surface area (Å²) in [5.74, 6) is -0.669. The lowest BCUT2D eigenvalue weighted by molar-refractivity contribution is -0.116. The summed E-state index contributed by atoms with van der Waals surface area (Å²) >= 11 is 6.03. The van der Waals surface area contributed by atoms with Gasteiger partial charge in [0.25, 0.3) is 0 Å². The number of carbonyl (C=O) groups is 2. The molecule has 2 aromatic rings. The highest BCUT2D eigenvalue weighted by molar-refractivity contribution is 6.32. The number of halogens is 1. The second-order valence-corrected chi connectivity index (χ2v) is 5.52. The summed E-state index contributed by atoms with van der Waals surface area (Å²) in [7, 11) is 0. The predicted molar refractivity (Wildman–Crippen MR) is 97.6 cm³/mol. The molecule has 0 heterocycles. The van der Waals surface area contributed by atoms with Crippen LogP contribution < -0.4 is 10.6 Å². The molecule has 0 unspecified atom stereocenters. The van der Waals surface area contributed by atoms with Crippen molar-refractivity contribution < 1.29 is 9.59 Å². The van der Waals surface area contributed by atoms with Gasteiger partial charge >= 0.3 is 0 Å². The Bertz CT molecular complexity index is 841. The Balaban J connectivity index is 1.97. The van der Waals surface area contributed by atoms with Crippen LogP contribution in [0.5, 0.6) is 0 Å². The summed E-state index contributed by atoms with van der Waals surface area (Å²) in [4.78, 5) is 23.5. The van der Waals surface area contributed by atoms with Crippen LogP contribution in [0, 0.1) is 11.3 Å². The Labute approximate surface area is 150 Å². The number of carbonyl (C=O) groups excluding carboxylic acids is 2. The maximum Gasteiger partial charge on any atom is 0.244 e. The van der Waals surface area contributed by atoms with E-state index in [1.807, 2.05) is 18.2 Å². The van der Waals surface area contributed by atoms with Gasteiger partial charge in [0.2, 0.25) is 11.8 Å². The molecule has 25 heavy (non-hydrogen) atoms. The number of amides is 2. The van der Waals surface area contributed by atoms with E-state index in [1.54, 1.807) is 42.5 Å². The van der Waals surface area contributed by atoms with Crippen molar-refractivity contribution in [2.75, 3.05) is 5.32 Å². The molecule has 0 saturated carbocycles. The third-order valence-corrected chi connectivity index (χ3v) is 3.65. The minimum absolute atomic E-state index is 0.221. The van der Waals surface area contributed by atoms with Gasteiger partial charge in [-0.15, -0.1) is 0 Å². The van der Waals surface area contributed by atoms with E-state index in [9.17, 15) is 9.59 Å². The SMILES string of the molecule is N#CCC(=O)Nc1ccccc1CNC(=O)/C=C/c1ccccc1Cl. The maximum absolute atomic E-state index is 12.0. The number of nitrogens with one attached hydrogen (secondary N) is 2. The molecule has 0 fully saturated rings. The topological polar surface area (TPSA) is 82.0 Å². The largest absolute Gasteiger partial charge is 0.348 e. The number of benzene rings is 2. The molecule has 0 aliphatic heterocycles. The van der Waals surface area contributed by atoms with Crippen molar-refractivity contribution >= 4 is 35.2 Å². The zero-order valence-electron chi connectivity index (χ0n) is 13.3. The van der Waals surface area contributed by atoms with Crippen LogP contribution >= 0.6 is 11.6 Å². The Kier molecular flexibility index (Phi) is 6.76. The van der Waals surface area contributed by atoms with Crippen LogP contribution in [0.3, 0.4) is 0 Å². The zero-order chi connectivity index (χ0) is 18.1. The molecule has 0 atom stereocenters. The fourth-order valence-electron chi connectivity index (χ4n) is 2.08. The van der Waals surface area contributed by atoms with E-state index in [-0.39, 0.29) is 24.8 Å². The van der Waals surface area contributed by atoms with Gasteiger partial charge in [0.1, 0.15) is 6.42 Å². The van der Waals surface area contributed by atoms with Gasteiger partial charge in [-0.1, -0.05) is 48.0 Å². The minimum atomic E-state index is -0.389. The van der Waals surface area contributed by atoms with Gasteiger partial charge in [-0.2, -0.15) is 5.26 Å². The first-order valence-corrected chi connectivity index (χ1v) is 7.93. The second kappa shape index (κ2) is 9.26. The first-order chi connectivity index (χ1) is 12.1. The molecule has 0 aromatic heterocycles. The number of anilines is 1. The molecule has 0 aliphatic carbocycles. The molecule has 2 aromatic carbocycles. The van der Waals surface area contributed by atoms with E-state index >= 15 is 0 Å². The summed E-state index contributed by atoms with van der Waals surface area (Å²) in [5, 5.41) is 14.5. The number of para-hydroxylation sites is 1. The van der Waals surface area contributed by atoms with E-state index in [0.29, 0.717) is 10.7 Å². The Morgan fingerprint density at radius 2 is 1.84 bits per heavy atom. The van der Waals surface area contributed by atoms with Crippen LogP contribution in [0.4, 0.5) is 5.69 Å². The minimum Gasteiger partial charge on any atom is -0.348 e. The van der Waals surface area contributed by atoms with Gasteiger partial charge in [0.15, 0.2) is 0 Å².